The third-order valence-electron chi connectivity index (χ3n) is 3.55. The van der Waals surface area contributed by atoms with Gasteiger partial charge in [-0.25, -0.2) is 4.68 Å². The second-order valence-electron chi connectivity index (χ2n) is 5.45. The zero-order chi connectivity index (χ0) is 17.5. The number of amides is 1. The number of nitrogens with one attached hydrogen (secondary N) is 1. The van der Waals surface area contributed by atoms with E-state index in [2.05, 4.69) is 26.3 Å². The van der Waals surface area contributed by atoms with Crippen molar-refractivity contribution in [3.05, 3.63) is 71.5 Å². The predicted molar refractivity (Wildman–Crippen MR) is 101 cm³/mol. The Balaban J connectivity index is 1.41. The van der Waals surface area contributed by atoms with Crippen molar-refractivity contribution in [1.29, 1.82) is 0 Å². The molecule has 1 N–H and O–H groups in total. The van der Waals surface area contributed by atoms with Crippen molar-refractivity contribution in [3.63, 3.8) is 0 Å². The molecule has 3 aromatic rings. The van der Waals surface area contributed by atoms with Gasteiger partial charge in [-0.3, -0.25) is 4.79 Å². The van der Waals surface area contributed by atoms with Gasteiger partial charge >= 0.3 is 0 Å². The van der Waals surface area contributed by atoms with Crippen LogP contribution in [0.2, 0.25) is 0 Å². The van der Waals surface area contributed by atoms with Crippen LogP contribution in [0, 0.1) is 0 Å². The minimum atomic E-state index is -0.0220. The van der Waals surface area contributed by atoms with Gasteiger partial charge in [0.05, 0.1) is 12.3 Å². The van der Waals surface area contributed by atoms with Gasteiger partial charge in [-0.05, 0) is 61.0 Å². The topological polar surface area (TPSA) is 56.1 Å². The molecule has 0 radical (unpaired) electrons. The van der Waals surface area contributed by atoms with E-state index < -0.39 is 0 Å². The van der Waals surface area contributed by atoms with Gasteiger partial charge in [0.1, 0.15) is 5.75 Å². The van der Waals surface area contributed by atoms with Crippen molar-refractivity contribution >= 4 is 27.5 Å². The summed E-state index contributed by atoms with van der Waals surface area (Å²) < 4.78 is 8.39. The first-order chi connectivity index (χ1) is 12.2. The maximum atomic E-state index is 12.0. The first-order valence-corrected chi connectivity index (χ1v) is 8.78. The lowest BCUT2D eigenvalue weighted by Gasteiger charge is -2.08. The molecule has 3 rings (SSSR count). The summed E-state index contributed by atoms with van der Waals surface area (Å²) in [6, 6.07) is 17.1. The first-order valence-electron chi connectivity index (χ1n) is 7.99. The molecule has 0 aliphatic rings. The smallest absolute Gasteiger partial charge is 0.224 e. The highest BCUT2D eigenvalue weighted by atomic mass is 79.9. The fourth-order valence-corrected chi connectivity index (χ4v) is 2.56. The molecule has 0 aliphatic carbocycles. The zero-order valence-electron chi connectivity index (χ0n) is 13.6. The SMILES string of the molecule is O=C(CCCOc1ccc(Br)cc1)Nc1ccc(-n2cccn2)cc1. The molecule has 0 bridgehead atoms. The van der Waals surface area contributed by atoms with Gasteiger partial charge < -0.3 is 10.1 Å². The summed E-state index contributed by atoms with van der Waals surface area (Å²) in [6.45, 7) is 0.507. The van der Waals surface area contributed by atoms with Crippen LogP contribution in [0.1, 0.15) is 12.8 Å². The van der Waals surface area contributed by atoms with Crippen LogP contribution >= 0.6 is 15.9 Å². The number of nitrogens with zero attached hydrogens (tertiary/aromatic N) is 2. The normalized spacial score (nSPS) is 10.4. The minimum Gasteiger partial charge on any atom is -0.494 e. The molecule has 0 atom stereocenters. The van der Waals surface area contributed by atoms with Crippen molar-refractivity contribution in [2.24, 2.45) is 0 Å². The Morgan fingerprint density at radius 2 is 1.88 bits per heavy atom. The van der Waals surface area contributed by atoms with Crippen LogP contribution in [0.5, 0.6) is 5.75 Å². The van der Waals surface area contributed by atoms with Crippen LogP contribution < -0.4 is 10.1 Å². The molecule has 128 valence electrons. The molecule has 0 spiro atoms. The number of hydrogen-bond acceptors (Lipinski definition) is 3. The highest BCUT2D eigenvalue weighted by Gasteiger charge is 2.04. The average molecular weight is 400 g/mol. The molecule has 1 heterocycles. The Bertz CT molecular complexity index is 800. The van der Waals surface area contributed by atoms with Crippen molar-refractivity contribution in [3.8, 4) is 11.4 Å². The molecule has 1 amide bonds. The second-order valence-corrected chi connectivity index (χ2v) is 6.37. The fraction of sp³-hybridized carbons (Fsp3) is 0.158. The van der Waals surface area contributed by atoms with Crippen LogP contribution in [0.25, 0.3) is 5.69 Å². The van der Waals surface area contributed by atoms with E-state index in [1.165, 1.54) is 0 Å². The quantitative estimate of drug-likeness (QED) is 0.597. The number of halogens is 1. The molecule has 25 heavy (non-hydrogen) atoms. The highest BCUT2D eigenvalue weighted by Crippen LogP contribution is 2.16. The van der Waals surface area contributed by atoms with Gasteiger partial charge in [0.15, 0.2) is 0 Å². The van der Waals surface area contributed by atoms with Crippen LogP contribution in [-0.4, -0.2) is 22.3 Å². The fourth-order valence-electron chi connectivity index (χ4n) is 2.30. The summed E-state index contributed by atoms with van der Waals surface area (Å²) >= 11 is 3.38. The molecule has 2 aromatic carbocycles. The molecule has 0 unspecified atom stereocenters. The first kappa shape index (κ1) is 17.2. The minimum absolute atomic E-state index is 0.0220. The van der Waals surface area contributed by atoms with E-state index >= 15 is 0 Å². The lowest BCUT2D eigenvalue weighted by atomic mass is 10.2. The molecule has 0 fully saturated rings. The number of aromatic nitrogens is 2. The molecule has 0 aliphatic heterocycles. The number of carbonyl (C=O) groups excluding carboxylic acids is 1. The maximum absolute atomic E-state index is 12.0. The largest absolute Gasteiger partial charge is 0.494 e. The Hall–Kier alpha value is -2.60. The number of rotatable bonds is 7. The molecule has 5 nitrogen and oxygen atoms in total. The number of anilines is 1. The molecule has 0 saturated heterocycles. The Morgan fingerprint density at radius 3 is 2.56 bits per heavy atom. The lowest BCUT2D eigenvalue weighted by molar-refractivity contribution is -0.116. The van der Waals surface area contributed by atoms with Crippen molar-refractivity contribution < 1.29 is 9.53 Å². The van der Waals surface area contributed by atoms with Gasteiger partial charge in [-0.1, -0.05) is 15.9 Å². The second kappa shape index (κ2) is 8.48. The summed E-state index contributed by atoms with van der Waals surface area (Å²) in [5.74, 6) is 0.782. The number of benzene rings is 2. The summed E-state index contributed by atoms with van der Waals surface area (Å²) in [5.41, 5.74) is 1.72. The Kier molecular flexibility index (Phi) is 5.85. The van der Waals surface area contributed by atoms with Gasteiger partial charge in [-0.15, -0.1) is 0 Å². The van der Waals surface area contributed by atoms with E-state index in [-0.39, 0.29) is 5.91 Å². The maximum Gasteiger partial charge on any atom is 0.224 e. The van der Waals surface area contributed by atoms with Crippen molar-refractivity contribution in [2.75, 3.05) is 11.9 Å². The van der Waals surface area contributed by atoms with Gasteiger partial charge in [0.2, 0.25) is 5.91 Å². The van der Waals surface area contributed by atoms with Gasteiger partial charge in [0, 0.05) is 29.0 Å². The van der Waals surface area contributed by atoms with Crippen LogP contribution in [-0.2, 0) is 4.79 Å². The highest BCUT2D eigenvalue weighted by molar-refractivity contribution is 9.10. The standard InChI is InChI=1S/C19H18BrN3O2/c20-15-4-10-18(11-5-15)25-14-1-3-19(24)22-16-6-8-17(9-7-16)23-13-2-12-21-23/h2,4-13H,1,3,14H2,(H,22,24). The van der Waals surface area contributed by atoms with Gasteiger partial charge in [0.25, 0.3) is 0 Å². The lowest BCUT2D eigenvalue weighted by Crippen LogP contribution is -2.12. The summed E-state index contributed by atoms with van der Waals surface area (Å²) in [5, 5.41) is 7.06. The molecule has 1 aromatic heterocycles. The van der Waals surface area contributed by atoms with Crippen LogP contribution in [0.3, 0.4) is 0 Å². The van der Waals surface area contributed by atoms with E-state index in [4.69, 9.17) is 4.74 Å². The van der Waals surface area contributed by atoms with Crippen LogP contribution in [0.15, 0.2) is 71.5 Å². The zero-order valence-corrected chi connectivity index (χ0v) is 15.1. The van der Waals surface area contributed by atoms with Crippen LogP contribution in [0.4, 0.5) is 5.69 Å². The van der Waals surface area contributed by atoms with E-state index in [9.17, 15) is 4.79 Å². The van der Waals surface area contributed by atoms with Gasteiger partial charge in [-0.2, -0.15) is 5.10 Å². The Labute approximate surface area is 154 Å². The van der Waals surface area contributed by atoms with E-state index in [0.717, 1.165) is 21.6 Å². The van der Waals surface area contributed by atoms with Crippen molar-refractivity contribution in [1.82, 2.24) is 9.78 Å². The van der Waals surface area contributed by atoms with E-state index in [0.29, 0.717) is 19.4 Å². The predicted octanol–water partition coefficient (Wildman–Crippen LogP) is 4.43. The number of hydrogen-bond donors (Lipinski definition) is 1. The summed E-state index contributed by atoms with van der Waals surface area (Å²) in [4.78, 5) is 12.0. The summed E-state index contributed by atoms with van der Waals surface area (Å²) in [6.07, 6.45) is 4.68. The molecule has 0 saturated carbocycles. The Morgan fingerprint density at radius 1 is 1.12 bits per heavy atom. The molecular formula is C19H18BrN3O2. The third kappa shape index (κ3) is 5.19. The number of carbonyl (C=O) groups is 1. The summed E-state index contributed by atoms with van der Waals surface area (Å²) in [7, 11) is 0. The molecular weight excluding hydrogens is 382 g/mol. The number of ether oxygens (including phenoxy) is 1. The molecule has 6 heteroatoms. The third-order valence-corrected chi connectivity index (χ3v) is 4.08. The average Bonchev–Trinajstić information content (AvgIpc) is 3.15. The monoisotopic (exact) mass is 399 g/mol. The van der Waals surface area contributed by atoms with Crippen molar-refractivity contribution in [2.45, 2.75) is 12.8 Å². The van der Waals surface area contributed by atoms with E-state index in [1.807, 2.05) is 60.8 Å². The van der Waals surface area contributed by atoms with E-state index in [1.54, 1.807) is 10.9 Å².